The number of ether oxygens (including phenoxy) is 1. The molecular weight excluding hydrogens is 246 g/mol. The number of carbonyl (C=O) groups excluding carboxylic acids is 1. The third-order valence-corrected chi connectivity index (χ3v) is 3.84. The fourth-order valence-electron chi connectivity index (χ4n) is 2.84. The zero-order chi connectivity index (χ0) is 13.4. The summed E-state index contributed by atoms with van der Waals surface area (Å²) in [6.45, 7) is 0. The first kappa shape index (κ1) is 12.2. The molecule has 2 heterocycles. The van der Waals surface area contributed by atoms with E-state index in [9.17, 15) is 9.59 Å². The van der Waals surface area contributed by atoms with E-state index in [1.54, 1.807) is 12.1 Å². The number of hydrogen-bond donors (Lipinski definition) is 2. The van der Waals surface area contributed by atoms with E-state index < -0.39 is 5.97 Å². The molecule has 19 heavy (non-hydrogen) atoms. The SMILES string of the molecule is O=C(O)c1ccc(NC(=O)C2CC3CCC2O3)cc1. The standard InChI is InChI=1S/C14H15NO4/c16-13(11-7-10-5-6-12(11)19-10)15-9-3-1-8(2-4-9)14(17)18/h1-4,10-12H,5-7H2,(H,15,16)(H,17,18). The molecule has 0 spiro atoms. The van der Waals surface area contributed by atoms with Crippen molar-refractivity contribution in [2.45, 2.75) is 31.5 Å². The summed E-state index contributed by atoms with van der Waals surface area (Å²) in [5.74, 6) is -1.08. The molecule has 1 aromatic rings. The highest BCUT2D eigenvalue weighted by molar-refractivity contribution is 5.94. The molecule has 1 aromatic carbocycles. The van der Waals surface area contributed by atoms with Gasteiger partial charge in [-0.25, -0.2) is 4.79 Å². The average Bonchev–Trinajstić information content (AvgIpc) is 3.01. The maximum absolute atomic E-state index is 12.1. The minimum absolute atomic E-state index is 0.0322. The van der Waals surface area contributed by atoms with Gasteiger partial charge in [0.1, 0.15) is 0 Å². The van der Waals surface area contributed by atoms with E-state index in [1.807, 2.05) is 0 Å². The van der Waals surface area contributed by atoms with E-state index in [0.29, 0.717) is 5.69 Å². The molecule has 0 radical (unpaired) electrons. The second kappa shape index (κ2) is 4.66. The Morgan fingerprint density at radius 1 is 1.21 bits per heavy atom. The van der Waals surface area contributed by atoms with Gasteiger partial charge in [-0.2, -0.15) is 0 Å². The molecule has 100 valence electrons. The first-order valence-electron chi connectivity index (χ1n) is 6.43. The molecule has 2 aliphatic rings. The third kappa shape index (κ3) is 2.33. The lowest BCUT2D eigenvalue weighted by molar-refractivity contribution is -0.121. The van der Waals surface area contributed by atoms with Crippen LogP contribution in [0.3, 0.4) is 0 Å². The highest BCUT2D eigenvalue weighted by Crippen LogP contribution is 2.39. The number of carbonyl (C=O) groups is 2. The number of aromatic carboxylic acids is 1. The van der Waals surface area contributed by atoms with Crippen molar-refractivity contribution in [1.82, 2.24) is 0 Å². The molecule has 3 unspecified atom stereocenters. The molecule has 3 atom stereocenters. The zero-order valence-electron chi connectivity index (χ0n) is 10.3. The topological polar surface area (TPSA) is 75.6 Å². The van der Waals surface area contributed by atoms with Gasteiger partial charge < -0.3 is 15.2 Å². The van der Waals surface area contributed by atoms with Crippen molar-refractivity contribution in [2.75, 3.05) is 5.32 Å². The number of nitrogens with one attached hydrogen (secondary N) is 1. The van der Waals surface area contributed by atoms with Gasteiger partial charge in [-0.15, -0.1) is 0 Å². The predicted octanol–water partition coefficient (Wildman–Crippen LogP) is 1.89. The maximum Gasteiger partial charge on any atom is 0.335 e. The zero-order valence-corrected chi connectivity index (χ0v) is 10.3. The van der Waals surface area contributed by atoms with Gasteiger partial charge in [-0.3, -0.25) is 4.79 Å². The first-order valence-corrected chi connectivity index (χ1v) is 6.43. The minimum atomic E-state index is -0.973. The summed E-state index contributed by atoms with van der Waals surface area (Å²) in [5, 5.41) is 11.6. The minimum Gasteiger partial charge on any atom is -0.478 e. The van der Waals surface area contributed by atoms with Gasteiger partial charge in [0, 0.05) is 5.69 Å². The molecule has 2 aliphatic heterocycles. The highest BCUT2D eigenvalue weighted by Gasteiger charge is 2.44. The van der Waals surface area contributed by atoms with Crippen molar-refractivity contribution in [3.8, 4) is 0 Å². The summed E-state index contributed by atoms with van der Waals surface area (Å²) in [6, 6.07) is 6.18. The lowest BCUT2D eigenvalue weighted by Gasteiger charge is -2.17. The lowest BCUT2D eigenvalue weighted by Crippen LogP contribution is -2.30. The summed E-state index contributed by atoms with van der Waals surface area (Å²) in [4.78, 5) is 22.8. The van der Waals surface area contributed by atoms with Crippen LogP contribution in [0.1, 0.15) is 29.6 Å². The molecule has 2 fully saturated rings. The highest BCUT2D eigenvalue weighted by atomic mass is 16.5. The maximum atomic E-state index is 12.1. The first-order chi connectivity index (χ1) is 9.13. The Hall–Kier alpha value is -1.88. The fraction of sp³-hybridized carbons (Fsp3) is 0.429. The third-order valence-electron chi connectivity index (χ3n) is 3.84. The molecule has 1 amide bonds. The molecule has 3 rings (SSSR count). The Balaban J connectivity index is 1.64. The lowest BCUT2D eigenvalue weighted by atomic mass is 9.88. The number of fused-ring (bicyclic) bond motifs is 2. The number of rotatable bonds is 3. The number of benzene rings is 1. The van der Waals surface area contributed by atoms with Gasteiger partial charge in [-0.05, 0) is 43.5 Å². The molecule has 2 bridgehead atoms. The van der Waals surface area contributed by atoms with Crippen LogP contribution in [-0.4, -0.2) is 29.2 Å². The summed E-state index contributed by atoms with van der Waals surface area (Å²) in [6.07, 6.45) is 3.12. The van der Waals surface area contributed by atoms with Gasteiger partial charge in [-0.1, -0.05) is 0 Å². The van der Waals surface area contributed by atoms with Crippen LogP contribution in [0.4, 0.5) is 5.69 Å². The van der Waals surface area contributed by atoms with E-state index in [2.05, 4.69) is 5.32 Å². The van der Waals surface area contributed by atoms with E-state index in [-0.39, 0.29) is 29.6 Å². The average molecular weight is 261 g/mol. The van der Waals surface area contributed by atoms with Crippen LogP contribution in [0, 0.1) is 5.92 Å². The largest absolute Gasteiger partial charge is 0.478 e. The van der Waals surface area contributed by atoms with Gasteiger partial charge in [0.15, 0.2) is 0 Å². The van der Waals surface area contributed by atoms with Crippen molar-refractivity contribution in [1.29, 1.82) is 0 Å². The molecule has 2 N–H and O–H groups in total. The van der Waals surface area contributed by atoms with Crippen LogP contribution in [-0.2, 0) is 9.53 Å². The number of hydrogen-bond acceptors (Lipinski definition) is 3. The Morgan fingerprint density at radius 3 is 2.47 bits per heavy atom. The monoisotopic (exact) mass is 261 g/mol. The normalized spacial score (nSPS) is 28.3. The van der Waals surface area contributed by atoms with Crippen molar-refractivity contribution in [2.24, 2.45) is 5.92 Å². The van der Waals surface area contributed by atoms with E-state index in [4.69, 9.17) is 9.84 Å². The summed E-state index contributed by atoms with van der Waals surface area (Å²) in [7, 11) is 0. The molecule has 0 aromatic heterocycles. The molecule has 0 saturated carbocycles. The molecular formula is C14H15NO4. The predicted molar refractivity (Wildman–Crippen MR) is 68.0 cm³/mol. The van der Waals surface area contributed by atoms with Crippen LogP contribution < -0.4 is 5.32 Å². The second-order valence-corrected chi connectivity index (χ2v) is 5.09. The van der Waals surface area contributed by atoms with Crippen molar-refractivity contribution in [3.63, 3.8) is 0 Å². The Labute approximate surface area is 110 Å². The van der Waals surface area contributed by atoms with E-state index in [0.717, 1.165) is 19.3 Å². The summed E-state index contributed by atoms with van der Waals surface area (Å²) in [5.41, 5.74) is 0.832. The smallest absolute Gasteiger partial charge is 0.335 e. The van der Waals surface area contributed by atoms with E-state index >= 15 is 0 Å². The van der Waals surface area contributed by atoms with Gasteiger partial charge >= 0.3 is 5.97 Å². The van der Waals surface area contributed by atoms with Crippen molar-refractivity contribution < 1.29 is 19.4 Å². The van der Waals surface area contributed by atoms with Crippen LogP contribution in [0.5, 0.6) is 0 Å². The van der Waals surface area contributed by atoms with Gasteiger partial charge in [0.05, 0.1) is 23.7 Å². The molecule has 2 saturated heterocycles. The molecule has 5 nitrogen and oxygen atoms in total. The van der Waals surface area contributed by atoms with Crippen LogP contribution in [0.15, 0.2) is 24.3 Å². The van der Waals surface area contributed by atoms with Crippen LogP contribution >= 0.6 is 0 Å². The summed E-state index contributed by atoms with van der Waals surface area (Å²) >= 11 is 0. The number of carboxylic acid groups (broad SMARTS) is 1. The molecule has 0 aliphatic carbocycles. The number of carboxylic acids is 1. The fourth-order valence-corrected chi connectivity index (χ4v) is 2.84. The van der Waals surface area contributed by atoms with Gasteiger partial charge in [0.25, 0.3) is 0 Å². The second-order valence-electron chi connectivity index (χ2n) is 5.09. The van der Waals surface area contributed by atoms with Crippen LogP contribution in [0.25, 0.3) is 0 Å². The quantitative estimate of drug-likeness (QED) is 0.871. The van der Waals surface area contributed by atoms with Crippen molar-refractivity contribution in [3.05, 3.63) is 29.8 Å². The van der Waals surface area contributed by atoms with E-state index in [1.165, 1.54) is 12.1 Å². The number of anilines is 1. The van der Waals surface area contributed by atoms with Gasteiger partial charge in [0.2, 0.25) is 5.91 Å². The molecule has 5 heteroatoms. The van der Waals surface area contributed by atoms with Crippen molar-refractivity contribution >= 4 is 17.6 Å². The Morgan fingerprint density at radius 2 is 1.95 bits per heavy atom. The van der Waals surface area contributed by atoms with Crippen LogP contribution in [0.2, 0.25) is 0 Å². The Bertz CT molecular complexity index is 511. The Kier molecular flexibility index (Phi) is 2.98. The number of amides is 1. The summed E-state index contributed by atoms with van der Waals surface area (Å²) < 4.78 is 5.66.